The van der Waals surface area contributed by atoms with Crippen LogP contribution in [0.4, 0.5) is 8.78 Å². The van der Waals surface area contributed by atoms with Gasteiger partial charge in [-0.15, -0.1) is 0 Å². The van der Waals surface area contributed by atoms with Crippen molar-refractivity contribution in [2.45, 2.75) is 38.9 Å². The predicted molar refractivity (Wildman–Crippen MR) is 188 cm³/mol. The molecule has 0 saturated heterocycles. The van der Waals surface area contributed by atoms with E-state index in [0.29, 0.717) is 26.1 Å². The molecule has 2 unspecified atom stereocenters. The van der Waals surface area contributed by atoms with E-state index in [0.717, 1.165) is 67.1 Å². The summed E-state index contributed by atoms with van der Waals surface area (Å²) in [5.41, 5.74) is 11.0. The van der Waals surface area contributed by atoms with Gasteiger partial charge in [0.15, 0.2) is 0 Å². The summed E-state index contributed by atoms with van der Waals surface area (Å²) in [5, 5.41) is 0. The average Bonchev–Trinajstić information content (AvgIpc) is 3.88. The molecule has 2 aliphatic heterocycles. The third-order valence-electron chi connectivity index (χ3n) is 8.58. The number of aromatic nitrogens is 4. The number of benzene rings is 2. The quantitative estimate of drug-likeness (QED) is 0.156. The van der Waals surface area contributed by atoms with E-state index in [1.807, 2.05) is 56.4 Å². The van der Waals surface area contributed by atoms with E-state index in [-0.39, 0.29) is 23.8 Å². The fourth-order valence-corrected chi connectivity index (χ4v) is 6.00. The topological polar surface area (TPSA) is 75.8 Å². The van der Waals surface area contributed by atoms with Crippen LogP contribution >= 0.6 is 0 Å². The van der Waals surface area contributed by atoms with E-state index in [1.54, 1.807) is 24.3 Å². The van der Waals surface area contributed by atoms with E-state index in [1.165, 1.54) is 24.3 Å². The van der Waals surface area contributed by atoms with E-state index in [9.17, 15) is 8.78 Å². The highest BCUT2D eigenvalue weighted by atomic mass is 19.1. The van der Waals surface area contributed by atoms with Gasteiger partial charge in [-0.3, -0.25) is 0 Å². The molecule has 2 aromatic carbocycles. The standard InChI is InChI=1S/C40H36F2N4O2/c1-25(47-17-15-27-3-7-29(41)8-4-27)37-21-35-20-33-12-11-31(43-33)19-32-13-14-34(44-32)23-39-38(22-36(46-39)24-40(37)45-35)26(2)48-18-16-28-5-9-30(42)10-6-28/h3-14,19-26,45-46H,15-18H2,1-2H3. The van der Waals surface area contributed by atoms with Gasteiger partial charge in [-0.05, 0) is 123 Å². The normalized spacial score (nSPS) is 13.6. The van der Waals surface area contributed by atoms with Gasteiger partial charge < -0.3 is 19.4 Å². The molecule has 8 heteroatoms. The second-order valence-corrected chi connectivity index (χ2v) is 12.1. The molecule has 5 aromatic rings. The van der Waals surface area contributed by atoms with Crippen LogP contribution in [0.3, 0.4) is 0 Å². The molecular weight excluding hydrogens is 606 g/mol. The van der Waals surface area contributed by atoms with Gasteiger partial charge in [-0.1, -0.05) is 24.3 Å². The zero-order valence-electron chi connectivity index (χ0n) is 26.8. The Morgan fingerprint density at radius 2 is 0.958 bits per heavy atom. The smallest absolute Gasteiger partial charge is 0.123 e. The number of aromatic amines is 2. The van der Waals surface area contributed by atoms with Gasteiger partial charge >= 0.3 is 0 Å². The van der Waals surface area contributed by atoms with Crippen LogP contribution < -0.4 is 0 Å². The molecule has 6 nitrogen and oxygen atoms in total. The van der Waals surface area contributed by atoms with E-state index in [4.69, 9.17) is 19.4 Å². The van der Waals surface area contributed by atoms with Crippen molar-refractivity contribution in [1.82, 2.24) is 19.9 Å². The van der Waals surface area contributed by atoms with E-state index < -0.39 is 0 Å². The molecule has 8 bridgehead atoms. The van der Waals surface area contributed by atoms with Crippen molar-refractivity contribution in [2.75, 3.05) is 13.2 Å². The van der Waals surface area contributed by atoms with Crippen molar-refractivity contribution < 1.29 is 18.3 Å². The molecule has 0 fully saturated rings. The molecule has 0 radical (unpaired) electrons. The zero-order chi connectivity index (χ0) is 33.0. The Morgan fingerprint density at radius 1 is 0.542 bits per heavy atom. The summed E-state index contributed by atoms with van der Waals surface area (Å²) in [7, 11) is 0. The highest BCUT2D eigenvalue weighted by Gasteiger charge is 2.15. The van der Waals surface area contributed by atoms with Gasteiger partial charge in [-0.25, -0.2) is 18.7 Å². The SMILES string of the molecule is CC(OCCc1ccc(F)cc1)c1cc2cc3[nH]c(cc4nc(cc5nc(cc1[nH]2)C=C5)C=C4)cc3C(C)OCCc1ccc(F)cc1. The highest BCUT2D eigenvalue weighted by Crippen LogP contribution is 2.29. The van der Waals surface area contributed by atoms with Crippen molar-refractivity contribution in [3.05, 3.63) is 142 Å². The fraction of sp³-hybridized carbons (Fsp3) is 0.200. The monoisotopic (exact) mass is 642 g/mol. The minimum Gasteiger partial charge on any atom is -0.373 e. The van der Waals surface area contributed by atoms with Crippen molar-refractivity contribution >= 4 is 46.4 Å². The lowest BCUT2D eigenvalue weighted by atomic mass is 10.1. The molecule has 2 atom stereocenters. The molecule has 48 heavy (non-hydrogen) atoms. The fourth-order valence-electron chi connectivity index (χ4n) is 6.00. The van der Waals surface area contributed by atoms with Crippen LogP contribution in [0.5, 0.6) is 0 Å². The van der Waals surface area contributed by atoms with Crippen LogP contribution in [0.1, 0.15) is 71.1 Å². The van der Waals surface area contributed by atoms with Crippen molar-refractivity contribution in [1.29, 1.82) is 0 Å². The van der Waals surface area contributed by atoms with E-state index in [2.05, 4.69) is 28.2 Å². The van der Waals surface area contributed by atoms with Gasteiger partial charge in [-0.2, -0.15) is 0 Å². The van der Waals surface area contributed by atoms with Gasteiger partial charge in [0.1, 0.15) is 11.6 Å². The Morgan fingerprint density at radius 3 is 1.46 bits per heavy atom. The number of ether oxygens (including phenoxy) is 2. The number of rotatable bonds is 10. The molecule has 0 aliphatic carbocycles. The van der Waals surface area contributed by atoms with Crippen LogP contribution in [-0.2, 0) is 22.3 Å². The number of nitrogens with one attached hydrogen (secondary N) is 2. The summed E-state index contributed by atoms with van der Waals surface area (Å²) in [4.78, 5) is 16.8. The molecule has 242 valence electrons. The number of hydrogen-bond donors (Lipinski definition) is 2. The molecule has 2 N–H and O–H groups in total. The number of nitrogens with zero attached hydrogens (tertiary/aromatic N) is 2. The largest absolute Gasteiger partial charge is 0.373 e. The lowest BCUT2D eigenvalue weighted by Gasteiger charge is -2.12. The third kappa shape index (κ3) is 7.51. The Labute approximate surface area is 277 Å². The van der Waals surface area contributed by atoms with Crippen LogP contribution in [0, 0.1) is 11.6 Å². The first-order chi connectivity index (χ1) is 23.3. The first-order valence-corrected chi connectivity index (χ1v) is 16.2. The highest BCUT2D eigenvalue weighted by molar-refractivity contribution is 5.79. The number of halogens is 2. The second-order valence-electron chi connectivity index (χ2n) is 12.1. The molecule has 0 saturated carbocycles. The Bertz CT molecular complexity index is 2150. The van der Waals surface area contributed by atoms with Crippen LogP contribution in [0.15, 0.2) is 84.9 Å². The van der Waals surface area contributed by atoms with Crippen LogP contribution in [-0.4, -0.2) is 33.1 Å². The van der Waals surface area contributed by atoms with Gasteiger partial charge in [0, 0.05) is 33.2 Å². The molecule has 3 aromatic heterocycles. The third-order valence-corrected chi connectivity index (χ3v) is 8.58. The van der Waals surface area contributed by atoms with Crippen LogP contribution in [0.25, 0.3) is 46.4 Å². The van der Waals surface area contributed by atoms with Gasteiger partial charge in [0.2, 0.25) is 0 Å². The summed E-state index contributed by atoms with van der Waals surface area (Å²) in [5.74, 6) is -0.491. The average molecular weight is 643 g/mol. The number of hydrogen-bond acceptors (Lipinski definition) is 4. The molecule has 0 spiro atoms. The maximum Gasteiger partial charge on any atom is 0.123 e. The van der Waals surface area contributed by atoms with Crippen LogP contribution in [0.2, 0.25) is 0 Å². The van der Waals surface area contributed by atoms with Crippen molar-refractivity contribution in [3.8, 4) is 0 Å². The molecule has 0 amide bonds. The molecule has 2 aliphatic rings. The maximum absolute atomic E-state index is 13.4. The maximum atomic E-state index is 13.4. The molecule has 5 heterocycles. The van der Waals surface area contributed by atoms with Gasteiger partial charge in [0.05, 0.1) is 48.2 Å². The van der Waals surface area contributed by atoms with Crippen molar-refractivity contribution in [2.24, 2.45) is 0 Å². The summed E-state index contributed by atoms with van der Waals surface area (Å²) >= 11 is 0. The minimum absolute atomic E-state index is 0.213. The number of fused-ring (bicyclic) bond motifs is 8. The Hall–Kier alpha value is -5.18. The summed E-state index contributed by atoms with van der Waals surface area (Å²) in [6, 6.07) is 25.4. The summed E-state index contributed by atoms with van der Waals surface area (Å²) in [6.07, 6.45) is 8.89. The first-order valence-electron chi connectivity index (χ1n) is 16.2. The molecule has 7 rings (SSSR count). The lowest BCUT2D eigenvalue weighted by molar-refractivity contribution is 0.0690. The Balaban J connectivity index is 1.25. The second kappa shape index (κ2) is 13.9. The predicted octanol–water partition coefficient (Wildman–Crippen LogP) is 9.57. The van der Waals surface area contributed by atoms with E-state index >= 15 is 0 Å². The summed E-state index contributed by atoms with van der Waals surface area (Å²) < 4.78 is 39.4. The van der Waals surface area contributed by atoms with Crippen molar-refractivity contribution in [3.63, 3.8) is 0 Å². The first kappa shape index (κ1) is 31.4. The lowest BCUT2D eigenvalue weighted by Crippen LogP contribution is -2.03. The minimum atomic E-state index is -0.246. The Kier molecular flexibility index (Phi) is 9.09. The number of H-pyrrole nitrogens is 2. The van der Waals surface area contributed by atoms with Gasteiger partial charge in [0.25, 0.3) is 0 Å². The molecular formula is C40H36F2N4O2. The zero-order valence-corrected chi connectivity index (χ0v) is 26.8. The summed E-state index contributed by atoms with van der Waals surface area (Å²) in [6.45, 7) is 5.07.